The molecule has 0 aliphatic carbocycles. The fourth-order valence-corrected chi connectivity index (χ4v) is 2.25. The zero-order valence-corrected chi connectivity index (χ0v) is 13.5. The second kappa shape index (κ2) is 8.03. The van der Waals surface area contributed by atoms with Crippen LogP contribution in [-0.4, -0.2) is 15.7 Å². The van der Waals surface area contributed by atoms with Gasteiger partial charge in [-0.2, -0.15) is 5.10 Å². The van der Waals surface area contributed by atoms with E-state index in [2.05, 4.69) is 10.6 Å². The first-order chi connectivity index (χ1) is 12.2. The van der Waals surface area contributed by atoms with Crippen LogP contribution in [-0.2, 0) is 18.0 Å². The number of hydrogen-bond acceptors (Lipinski definition) is 4. The van der Waals surface area contributed by atoms with Crippen LogP contribution >= 0.6 is 0 Å². The lowest BCUT2D eigenvalue weighted by Crippen LogP contribution is -2.30. The van der Waals surface area contributed by atoms with Crippen molar-refractivity contribution < 1.29 is 9.63 Å². The summed E-state index contributed by atoms with van der Waals surface area (Å²) in [6.45, 7) is 0.544. The Bertz CT molecular complexity index is 893. The van der Waals surface area contributed by atoms with Gasteiger partial charge in [0.05, 0.1) is 13.2 Å². The average Bonchev–Trinajstić information content (AvgIpc) is 2.65. The lowest BCUT2D eigenvalue weighted by Gasteiger charge is -2.08. The van der Waals surface area contributed by atoms with Crippen LogP contribution in [0.15, 0.2) is 77.6 Å². The Balaban J connectivity index is 1.64. The topological polar surface area (TPSA) is 73.2 Å². The molecular formula is C19H17N3O3. The summed E-state index contributed by atoms with van der Waals surface area (Å²) in [5.74, 6) is -0.502. The Morgan fingerprint density at radius 2 is 1.56 bits per heavy atom. The first-order valence-corrected chi connectivity index (χ1v) is 7.80. The van der Waals surface area contributed by atoms with E-state index in [0.717, 1.165) is 11.1 Å². The van der Waals surface area contributed by atoms with Crippen molar-refractivity contribution in [2.45, 2.75) is 13.2 Å². The van der Waals surface area contributed by atoms with Crippen LogP contribution in [0.3, 0.4) is 0 Å². The van der Waals surface area contributed by atoms with Crippen LogP contribution in [0.1, 0.15) is 21.6 Å². The number of aromatic nitrogens is 2. The van der Waals surface area contributed by atoms with Crippen molar-refractivity contribution >= 4 is 5.91 Å². The van der Waals surface area contributed by atoms with Crippen molar-refractivity contribution in [3.8, 4) is 0 Å². The van der Waals surface area contributed by atoms with E-state index >= 15 is 0 Å². The van der Waals surface area contributed by atoms with Gasteiger partial charge in [-0.1, -0.05) is 60.7 Å². The highest BCUT2D eigenvalue weighted by Crippen LogP contribution is 2.01. The van der Waals surface area contributed by atoms with Crippen molar-refractivity contribution in [3.05, 3.63) is 100.0 Å². The van der Waals surface area contributed by atoms with Gasteiger partial charge in [0.15, 0.2) is 5.69 Å². The molecule has 0 aliphatic rings. The van der Waals surface area contributed by atoms with E-state index < -0.39 is 5.91 Å². The molecule has 1 amide bonds. The van der Waals surface area contributed by atoms with E-state index in [9.17, 15) is 9.59 Å². The zero-order chi connectivity index (χ0) is 17.5. The number of amides is 1. The number of carbonyl (C=O) groups excluding carboxylic acids is 1. The van der Waals surface area contributed by atoms with Crippen molar-refractivity contribution in [1.29, 1.82) is 0 Å². The number of rotatable bonds is 6. The van der Waals surface area contributed by atoms with E-state index in [1.807, 2.05) is 60.7 Å². The Hall–Kier alpha value is -3.25. The fraction of sp³-hybridized carbons (Fsp3) is 0.105. The third-order valence-corrected chi connectivity index (χ3v) is 3.52. The second-order valence-electron chi connectivity index (χ2n) is 5.41. The lowest BCUT2D eigenvalue weighted by molar-refractivity contribution is 0.0227. The summed E-state index contributed by atoms with van der Waals surface area (Å²) in [6.07, 6.45) is 0. The molecule has 1 heterocycles. The predicted octanol–water partition coefficient (Wildman–Crippen LogP) is 2.15. The highest BCUT2D eigenvalue weighted by molar-refractivity contribution is 5.91. The summed E-state index contributed by atoms with van der Waals surface area (Å²) in [7, 11) is 0. The van der Waals surface area contributed by atoms with Gasteiger partial charge in [-0.25, -0.2) is 10.2 Å². The maximum absolute atomic E-state index is 12.1. The molecule has 126 valence electrons. The highest BCUT2D eigenvalue weighted by Gasteiger charge is 2.10. The average molecular weight is 335 g/mol. The minimum Gasteiger partial charge on any atom is -0.269 e. The number of carbonyl (C=O) groups is 1. The number of benzene rings is 2. The molecule has 6 nitrogen and oxygen atoms in total. The van der Waals surface area contributed by atoms with E-state index in [4.69, 9.17) is 4.84 Å². The van der Waals surface area contributed by atoms with Crippen LogP contribution in [0, 0.1) is 0 Å². The third kappa shape index (κ3) is 4.62. The first-order valence-electron chi connectivity index (χ1n) is 7.80. The molecule has 0 radical (unpaired) electrons. The summed E-state index contributed by atoms with van der Waals surface area (Å²) < 4.78 is 1.25. The van der Waals surface area contributed by atoms with Gasteiger partial charge in [-0.3, -0.25) is 14.4 Å². The van der Waals surface area contributed by atoms with Gasteiger partial charge in [-0.15, -0.1) is 0 Å². The molecule has 25 heavy (non-hydrogen) atoms. The third-order valence-electron chi connectivity index (χ3n) is 3.52. The normalized spacial score (nSPS) is 10.4. The van der Waals surface area contributed by atoms with Crippen LogP contribution in [0.25, 0.3) is 0 Å². The molecule has 6 heteroatoms. The SMILES string of the molecule is O=C(NOCc1ccccc1)c1ccc(=O)n(Cc2ccccc2)n1. The Morgan fingerprint density at radius 1 is 0.920 bits per heavy atom. The van der Waals surface area contributed by atoms with E-state index in [0.29, 0.717) is 6.54 Å². The van der Waals surface area contributed by atoms with Crippen LogP contribution in [0.4, 0.5) is 0 Å². The maximum Gasteiger partial charge on any atom is 0.295 e. The molecule has 0 unspecified atom stereocenters. The van der Waals surface area contributed by atoms with Gasteiger partial charge >= 0.3 is 0 Å². The Labute approximate surface area is 144 Å². The van der Waals surface area contributed by atoms with Gasteiger partial charge in [0.2, 0.25) is 0 Å². The molecule has 1 aromatic heterocycles. The molecule has 0 spiro atoms. The van der Waals surface area contributed by atoms with Gasteiger partial charge < -0.3 is 0 Å². The summed E-state index contributed by atoms with van der Waals surface area (Å²) >= 11 is 0. The number of nitrogens with zero attached hydrogens (tertiary/aromatic N) is 2. The molecule has 2 aromatic carbocycles. The van der Waals surface area contributed by atoms with Crippen LogP contribution in [0.5, 0.6) is 0 Å². The Kier molecular flexibility index (Phi) is 5.33. The molecule has 0 saturated carbocycles. The maximum atomic E-state index is 12.1. The van der Waals surface area contributed by atoms with E-state index in [1.54, 1.807) is 0 Å². The number of hydroxylamine groups is 1. The van der Waals surface area contributed by atoms with Gasteiger partial charge in [0.25, 0.3) is 11.5 Å². The number of hydrogen-bond donors (Lipinski definition) is 1. The van der Waals surface area contributed by atoms with Gasteiger partial charge in [0.1, 0.15) is 0 Å². The standard InChI is InChI=1S/C19H17N3O3/c23-18-12-11-17(20-22(18)13-15-7-3-1-4-8-15)19(24)21-25-14-16-9-5-2-6-10-16/h1-12H,13-14H2,(H,21,24). The molecule has 0 saturated heterocycles. The predicted molar refractivity (Wildman–Crippen MR) is 92.7 cm³/mol. The molecule has 3 aromatic rings. The smallest absolute Gasteiger partial charge is 0.269 e. The molecule has 0 bridgehead atoms. The summed E-state index contributed by atoms with van der Waals surface area (Å²) in [6, 6.07) is 21.6. The number of nitrogens with one attached hydrogen (secondary N) is 1. The minimum atomic E-state index is -0.502. The van der Waals surface area contributed by atoms with Gasteiger partial charge in [-0.05, 0) is 17.2 Å². The fourth-order valence-electron chi connectivity index (χ4n) is 2.25. The molecular weight excluding hydrogens is 318 g/mol. The summed E-state index contributed by atoms with van der Waals surface area (Å²) in [4.78, 5) is 29.3. The van der Waals surface area contributed by atoms with Crippen molar-refractivity contribution in [2.24, 2.45) is 0 Å². The van der Waals surface area contributed by atoms with Crippen molar-refractivity contribution in [1.82, 2.24) is 15.3 Å². The van der Waals surface area contributed by atoms with Crippen LogP contribution < -0.4 is 11.0 Å². The molecule has 3 rings (SSSR count). The summed E-state index contributed by atoms with van der Waals surface area (Å²) in [5, 5.41) is 4.11. The van der Waals surface area contributed by atoms with Crippen molar-refractivity contribution in [3.63, 3.8) is 0 Å². The molecule has 0 atom stereocenters. The van der Waals surface area contributed by atoms with E-state index in [-0.39, 0.29) is 17.9 Å². The largest absolute Gasteiger partial charge is 0.295 e. The Morgan fingerprint density at radius 3 is 2.24 bits per heavy atom. The zero-order valence-electron chi connectivity index (χ0n) is 13.5. The monoisotopic (exact) mass is 335 g/mol. The van der Waals surface area contributed by atoms with Crippen LogP contribution in [0.2, 0.25) is 0 Å². The van der Waals surface area contributed by atoms with Crippen molar-refractivity contribution in [2.75, 3.05) is 0 Å². The quantitative estimate of drug-likeness (QED) is 0.701. The highest BCUT2D eigenvalue weighted by atomic mass is 16.6. The summed E-state index contributed by atoms with van der Waals surface area (Å²) in [5.41, 5.74) is 4.04. The molecule has 1 N–H and O–H groups in total. The second-order valence-corrected chi connectivity index (χ2v) is 5.41. The lowest BCUT2D eigenvalue weighted by atomic mass is 10.2. The first kappa shape index (κ1) is 16.6. The van der Waals surface area contributed by atoms with E-state index in [1.165, 1.54) is 16.8 Å². The minimum absolute atomic E-state index is 0.114. The molecule has 0 fully saturated rings. The van der Waals surface area contributed by atoms with Gasteiger partial charge in [0, 0.05) is 6.07 Å². The molecule has 0 aliphatic heterocycles.